The molecule has 0 unspecified atom stereocenters. The number of aromatic nitrogens is 1. The Morgan fingerprint density at radius 3 is 2.42 bits per heavy atom. The van der Waals surface area contributed by atoms with Gasteiger partial charge in [-0.3, -0.25) is 9.88 Å². The van der Waals surface area contributed by atoms with E-state index in [1.807, 2.05) is 13.0 Å². The van der Waals surface area contributed by atoms with Gasteiger partial charge < -0.3 is 10.0 Å². The summed E-state index contributed by atoms with van der Waals surface area (Å²) in [6, 6.07) is 3.59. The van der Waals surface area contributed by atoms with E-state index in [0.29, 0.717) is 5.75 Å². The van der Waals surface area contributed by atoms with Gasteiger partial charge in [0.05, 0.1) is 5.69 Å². The van der Waals surface area contributed by atoms with Crippen molar-refractivity contribution in [3.8, 4) is 5.75 Å². The van der Waals surface area contributed by atoms with Crippen LogP contribution in [0, 0.1) is 12.8 Å². The molecule has 2 heterocycles. The van der Waals surface area contributed by atoms with Gasteiger partial charge in [-0.05, 0) is 25.0 Å². The highest BCUT2D eigenvalue weighted by atomic mass is 16.3. The van der Waals surface area contributed by atoms with E-state index < -0.39 is 0 Å². The van der Waals surface area contributed by atoms with Gasteiger partial charge in [-0.2, -0.15) is 0 Å². The SMILES string of the molecule is Cc1ccc(O)c(CN2CCN(CC(C)C)CC2)n1. The monoisotopic (exact) mass is 263 g/mol. The molecule has 1 aliphatic heterocycles. The standard InChI is InChI=1S/C15H25N3O/c1-12(2)10-17-6-8-18(9-7-17)11-14-15(19)5-4-13(3)16-14/h4-5,12,19H,6-11H2,1-3H3. The summed E-state index contributed by atoms with van der Waals surface area (Å²) in [5.41, 5.74) is 1.77. The number of aromatic hydroxyl groups is 1. The highest BCUT2D eigenvalue weighted by Crippen LogP contribution is 2.17. The summed E-state index contributed by atoms with van der Waals surface area (Å²) in [5, 5.41) is 9.84. The summed E-state index contributed by atoms with van der Waals surface area (Å²) < 4.78 is 0. The Hall–Kier alpha value is -1.13. The van der Waals surface area contributed by atoms with Crippen molar-refractivity contribution in [1.82, 2.24) is 14.8 Å². The fourth-order valence-electron chi connectivity index (χ4n) is 2.58. The molecule has 1 saturated heterocycles. The smallest absolute Gasteiger partial charge is 0.138 e. The van der Waals surface area contributed by atoms with Gasteiger partial charge in [0.2, 0.25) is 0 Å². The van der Waals surface area contributed by atoms with Crippen molar-refractivity contribution < 1.29 is 5.11 Å². The molecule has 0 aromatic carbocycles. The van der Waals surface area contributed by atoms with E-state index in [1.165, 1.54) is 6.54 Å². The average molecular weight is 263 g/mol. The molecule has 0 atom stereocenters. The van der Waals surface area contributed by atoms with E-state index in [2.05, 4.69) is 28.6 Å². The number of aryl methyl sites for hydroxylation is 1. The fraction of sp³-hybridized carbons (Fsp3) is 0.667. The lowest BCUT2D eigenvalue weighted by Crippen LogP contribution is -2.46. The van der Waals surface area contributed by atoms with Crippen LogP contribution < -0.4 is 0 Å². The molecule has 2 rings (SSSR count). The molecule has 1 aliphatic rings. The van der Waals surface area contributed by atoms with Crippen molar-refractivity contribution in [2.24, 2.45) is 5.92 Å². The average Bonchev–Trinajstić information content (AvgIpc) is 2.35. The fourth-order valence-corrected chi connectivity index (χ4v) is 2.58. The Bertz CT molecular complexity index is 412. The molecule has 1 aromatic rings. The molecule has 0 bridgehead atoms. The van der Waals surface area contributed by atoms with Gasteiger partial charge in [0.1, 0.15) is 5.75 Å². The van der Waals surface area contributed by atoms with E-state index in [1.54, 1.807) is 6.07 Å². The molecule has 1 N–H and O–H groups in total. The minimum atomic E-state index is 0.315. The first-order valence-electron chi connectivity index (χ1n) is 7.15. The summed E-state index contributed by atoms with van der Waals surface area (Å²) in [5.74, 6) is 1.05. The number of hydrogen-bond acceptors (Lipinski definition) is 4. The largest absolute Gasteiger partial charge is 0.506 e. The van der Waals surface area contributed by atoms with Gasteiger partial charge >= 0.3 is 0 Å². The van der Waals surface area contributed by atoms with Crippen LogP contribution in [0.4, 0.5) is 0 Å². The van der Waals surface area contributed by atoms with Gasteiger partial charge in [-0.15, -0.1) is 0 Å². The third-order valence-electron chi connectivity index (χ3n) is 3.55. The molecule has 0 spiro atoms. The number of piperazine rings is 1. The zero-order valence-corrected chi connectivity index (χ0v) is 12.3. The van der Waals surface area contributed by atoms with E-state index in [0.717, 1.165) is 50.0 Å². The molecule has 0 aliphatic carbocycles. The van der Waals surface area contributed by atoms with E-state index in [-0.39, 0.29) is 0 Å². The molecular formula is C15H25N3O. The second-order valence-corrected chi connectivity index (χ2v) is 5.89. The first kappa shape index (κ1) is 14.3. The summed E-state index contributed by atoms with van der Waals surface area (Å²) in [6.07, 6.45) is 0. The highest BCUT2D eigenvalue weighted by molar-refractivity contribution is 5.27. The lowest BCUT2D eigenvalue weighted by atomic mass is 10.2. The van der Waals surface area contributed by atoms with Crippen molar-refractivity contribution in [3.05, 3.63) is 23.5 Å². The van der Waals surface area contributed by atoms with Crippen molar-refractivity contribution >= 4 is 0 Å². The summed E-state index contributed by atoms with van der Waals surface area (Å²) in [4.78, 5) is 9.32. The number of rotatable bonds is 4. The third kappa shape index (κ3) is 4.18. The molecule has 19 heavy (non-hydrogen) atoms. The predicted octanol–water partition coefficient (Wildman–Crippen LogP) is 1.87. The lowest BCUT2D eigenvalue weighted by Gasteiger charge is -2.35. The van der Waals surface area contributed by atoms with Gasteiger partial charge in [0.15, 0.2) is 0 Å². The summed E-state index contributed by atoms with van der Waals surface area (Å²) in [6.45, 7) is 12.8. The quantitative estimate of drug-likeness (QED) is 0.900. The maximum atomic E-state index is 9.84. The third-order valence-corrected chi connectivity index (χ3v) is 3.55. The van der Waals surface area contributed by atoms with Crippen LogP contribution in [0.2, 0.25) is 0 Å². The van der Waals surface area contributed by atoms with Crippen molar-refractivity contribution in [1.29, 1.82) is 0 Å². The first-order valence-corrected chi connectivity index (χ1v) is 7.15. The first-order chi connectivity index (χ1) is 9.04. The molecule has 0 amide bonds. The zero-order valence-electron chi connectivity index (χ0n) is 12.3. The second-order valence-electron chi connectivity index (χ2n) is 5.89. The molecule has 0 saturated carbocycles. The molecule has 1 aromatic heterocycles. The van der Waals surface area contributed by atoms with Crippen LogP contribution >= 0.6 is 0 Å². The van der Waals surface area contributed by atoms with E-state index >= 15 is 0 Å². The zero-order chi connectivity index (χ0) is 13.8. The summed E-state index contributed by atoms with van der Waals surface area (Å²) >= 11 is 0. The number of hydrogen-bond donors (Lipinski definition) is 1. The van der Waals surface area contributed by atoms with Crippen molar-refractivity contribution in [3.63, 3.8) is 0 Å². The van der Waals surface area contributed by atoms with Gasteiger partial charge in [-0.25, -0.2) is 0 Å². The Labute approximate surface area is 116 Å². The Kier molecular flexibility index (Phi) is 4.77. The topological polar surface area (TPSA) is 39.6 Å². The van der Waals surface area contributed by atoms with Crippen molar-refractivity contribution in [2.45, 2.75) is 27.3 Å². The minimum Gasteiger partial charge on any atom is -0.506 e. The second kappa shape index (κ2) is 6.35. The molecule has 0 radical (unpaired) electrons. The van der Waals surface area contributed by atoms with Crippen LogP contribution in [0.5, 0.6) is 5.75 Å². The minimum absolute atomic E-state index is 0.315. The van der Waals surface area contributed by atoms with Crippen molar-refractivity contribution in [2.75, 3.05) is 32.7 Å². The Morgan fingerprint density at radius 2 is 1.79 bits per heavy atom. The molecule has 4 heteroatoms. The van der Waals surface area contributed by atoms with E-state index in [9.17, 15) is 5.11 Å². The highest BCUT2D eigenvalue weighted by Gasteiger charge is 2.18. The maximum Gasteiger partial charge on any atom is 0.138 e. The summed E-state index contributed by atoms with van der Waals surface area (Å²) in [7, 11) is 0. The van der Waals surface area contributed by atoms with Crippen LogP contribution in [0.15, 0.2) is 12.1 Å². The molecular weight excluding hydrogens is 238 g/mol. The maximum absolute atomic E-state index is 9.84. The molecule has 1 fully saturated rings. The van der Waals surface area contributed by atoms with Crippen LogP contribution in [0.3, 0.4) is 0 Å². The number of pyridine rings is 1. The number of nitrogens with zero attached hydrogens (tertiary/aromatic N) is 3. The molecule has 4 nitrogen and oxygen atoms in total. The Balaban J connectivity index is 1.87. The van der Waals surface area contributed by atoms with Gasteiger partial charge in [0, 0.05) is 45.0 Å². The van der Waals surface area contributed by atoms with E-state index in [4.69, 9.17) is 0 Å². The lowest BCUT2D eigenvalue weighted by molar-refractivity contribution is 0.116. The van der Waals surface area contributed by atoms with Crippen LogP contribution in [0.25, 0.3) is 0 Å². The Morgan fingerprint density at radius 1 is 1.16 bits per heavy atom. The van der Waals surface area contributed by atoms with Gasteiger partial charge in [-0.1, -0.05) is 13.8 Å². The molecule has 106 valence electrons. The predicted molar refractivity (Wildman–Crippen MR) is 77.2 cm³/mol. The van der Waals surface area contributed by atoms with Crippen LogP contribution in [-0.4, -0.2) is 52.6 Å². The van der Waals surface area contributed by atoms with Gasteiger partial charge in [0.25, 0.3) is 0 Å². The normalized spacial score (nSPS) is 18.1. The van der Waals surface area contributed by atoms with Crippen LogP contribution in [-0.2, 0) is 6.54 Å². The van der Waals surface area contributed by atoms with Crippen LogP contribution in [0.1, 0.15) is 25.2 Å².